The maximum absolute atomic E-state index is 6.85. The Labute approximate surface area is 431 Å². The normalized spacial score (nSPS) is 13.7. The van der Waals surface area contributed by atoms with Crippen LogP contribution in [0.4, 0.5) is 39.9 Å². The van der Waals surface area contributed by atoms with Crippen molar-refractivity contribution in [1.29, 1.82) is 0 Å². The second-order valence-corrected chi connectivity index (χ2v) is 21.3. The number of hydrogen-bond acceptors (Lipinski definition) is 5. The molecule has 6 heteroatoms. The van der Waals surface area contributed by atoms with Gasteiger partial charge in [-0.25, -0.2) is 4.98 Å². The van der Waals surface area contributed by atoms with E-state index in [0.29, 0.717) is 11.5 Å². The van der Waals surface area contributed by atoms with Gasteiger partial charge in [-0.3, -0.25) is 0 Å². The number of para-hydroxylation sites is 1. The van der Waals surface area contributed by atoms with Crippen LogP contribution in [-0.4, -0.2) is 4.98 Å². The van der Waals surface area contributed by atoms with Crippen LogP contribution in [0.3, 0.4) is 0 Å². The topological polar surface area (TPSA) is 31.8 Å². The minimum absolute atomic E-state index is 0. The minimum atomic E-state index is -0.282. The van der Waals surface area contributed by atoms with Gasteiger partial charge in [-0.15, -0.1) is 48.3 Å². The molecule has 0 bridgehead atoms. The molecule has 0 saturated heterocycles. The van der Waals surface area contributed by atoms with Crippen LogP contribution in [0.15, 0.2) is 121 Å². The van der Waals surface area contributed by atoms with Gasteiger partial charge in [-0.2, -0.15) is 12.1 Å². The third-order valence-electron chi connectivity index (χ3n) is 14.3. The Morgan fingerprint density at radius 3 is 1.67 bits per heavy atom. The predicted octanol–water partition coefficient (Wildman–Crippen LogP) is 17.4. The number of aromatic nitrogens is 1. The first-order valence-corrected chi connectivity index (χ1v) is 24.3. The van der Waals surface area contributed by atoms with Crippen LogP contribution in [0.25, 0.3) is 22.3 Å². The predicted molar refractivity (Wildman–Crippen MR) is 289 cm³/mol. The van der Waals surface area contributed by atoms with Crippen LogP contribution in [0, 0.1) is 81.1 Å². The van der Waals surface area contributed by atoms with E-state index in [0.717, 1.165) is 39.8 Å². The third-order valence-corrected chi connectivity index (χ3v) is 14.3. The van der Waals surface area contributed by atoms with Crippen LogP contribution < -0.4 is 19.4 Å². The first-order valence-electron chi connectivity index (χ1n) is 24.3. The Morgan fingerprint density at radius 1 is 0.543 bits per heavy atom. The number of nitrogens with zero attached hydrogens (tertiary/aromatic N) is 4. The molecule has 2 aliphatic heterocycles. The number of ether oxygens (including phenoxy) is 1. The zero-order valence-corrected chi connectivity index (χ0v) is 45.4. The summed E-state index contributed by atoms with van der Waals surface area (Å²) >= 11 is 0. The van der Waals surface area contributed by atoms with Crippen molar-refractivity contribution in [1.82, 2.24) is 4.98 Å². The molecule has 2 aliphatic rings. The summed E-state index contributed by atoms with van der Waals surface area (Å²) in [5.74, 6) is 2.06. The van der Waals surface area contributed by atoms with E-state index in [9.17, 15) is 0 Å². The van der Waals surface area contributed by atoms with Crippen molar-refractivity contribution in [2.45, 2.75) is 108 Å². The van der Waals surface area contributed by atoms with Crippen molar-refractivity contribution in [2.75, 3.05) is 14.7 Å². The first-order chi connectivity index (χ1) is 32.8. The number of aryl methyl sites for hydroxylation is 9. The van der Waals surface area contributed by atoms with Crippen molar-refractivity contribution in [3.05, 3.63) is 207 Å². The fourth-order valence-electron chi connectivity index (χ4n) is 11.4. The SMILES string of the molecule is Cc1cc(C)c(-c2cc3c(cc2-c2c(C)cc(C)cc2C)N(c2c(C)cc(C)cc2C)[CH-]N3c2[c-]c(Oc3[c-]c4c(cc3)C(C)(C)c3ccccc3N4c3cc(C(C)(C)C)ccn3)ccc2)c(C)c1.[Pt]. The third kappa shape index (κ3) is 8.45. The van der Waals surface area contributed by atoms with Crippen molar-refractivity contribution in [3.63, 3.8) is 0 Å². The molecule has 0 amide bonds. The number of rotatable bonds is 7. The van der Waals surface area contributed by atoms with Crippen molar-refractivity contribution >= 4 is 39.9 Å². The van der Waals surface area contributed by atoms with Crippen LogP contribution >= 0.6 is 0 Å². The first kappa shape index (κ1) is 48.6. The van der Waals surface area contributed by atoms with E-state index in [2.05, 4.69) is 234 Å². The largest absolute Gasteiger partial charge is 0.509 e. The van der Waals surface area contributed by atoms with Crippen LogP contribution in [0.5, 0.6) is 11.5 Å². The van der Waals surface area contributed by atoms with Gasteiger partial charge in [0.2, 0.25) is 0 Å². The number of benzene rings is 7. The van der Waals surface area contributed by atoms with E-state index in [4.69, 9.17) is 9.72 Å². The molecule has 70 heavy (non-hydrogen) atoms. The average Bonchev–Trinajstić information content (AvgIpc) is 3.63. The maximum atomic E-state index is 6.85. The van der Waals surface area contributed by atoms with Crippen LogP contribution in [0.2, 0.25) is 0 Å². The Hall–Kier alpha value is -6.42. The molecule has 0 unspecified atom stereocenters. The van der Waals surface area contributed by atoms with Crippen molar-refractivity contribution < 1.29 is 25.8 Å². The molecule has 0 fully saturated rings. The summed E-state index contributed by atoms with van der Waals surface area (Å²) in [6.07, 6.45) is 1.92. The summed E-state index contributed by atoms with van der Waals surface area (Å²) in [5, 5.41) is 0. The Morgan fingerprint density at radius 2 is 1.09 bits per heavy atom. The van der Waals surface area contributed by atoms with Gasteiger partial charge >= 0.3 is 0 Å². The van der Waals surface area contributed by atoms with Gasteiger partial charge in [-0.05, 0) is 170 Å². The quantitative estimate of drug-likeness (QED) is 0.149. The Kier molecular flexibility index (Phi) is 12.5. The summed E-state index contributed by atoms with van der Waals surface area (Å²) in [6, 6.07) is 49.6. The molecule has 358 valence electrons. The molecule has 8 aromatic rings. The second-order valence-electron chi connectivity index (χ2n) is 21.3. The maximum Gasteiger partial charge on any atom is 0.135 e. The fraction of sp³-hybridized carbons (Fsp3) is 0.250. The van der Waals surface area contributed by atoms with Gasteiger partial charge in [0, 0.05) is 61.5 Å². The molecule has 1 aromatic heterocycles. The van der Waals surface area contributed by atoms with E-state index in [1.165, 1.54) is 89.1 Å². The number of pyridine rings is 1. The Bertz CT molecular complexity index is 3310. The van der Waals surface area contributed by atoms with E-state index >= 15 is 0 Å². The van der Waals surface area contributed by atoms with Gasteiger partial charge in [0.05, 0.1) is 0 Å². The van der Waals surface area contributed by atoms with Gasteiger partial charge in [0.15, 0.2) is 0 Å². The van der Waals surface area contributed by atoms with E-state index in [-0.39, 0.29) is 31.9 Å². The molecule has 0 saturated carbocycles. The Balaban J connectivity index is 0.00000608. The second kappa shape index (κ2) is 18.1. The number of hydrogen-bond donors (Lipinski definition) is 0. The van der Waals surface area contributed by atoms with Gasteiger partial charge in [0.1, 0.15) is 5.82 Å². The van der Waals surface area contributed by atoms with Gasteiger partial charge in [0.25, 0.3) is 0 Å². The summed E-state index contributed by atoms with van der Waals surface area (Å²) in [7, 11) is 0. The molecular weight excluding hydrogens is 1040 g/mol. The van der Waals surface area contributed by atoms with Gasteiger partial charge in [-0.1, -0.05) is 112 Å². The summed E-state index contributed by atoms with van der Waals surface area (Å²) in [5.41, 5.74) is 25.8. The van der Waals surface area contributed by atoms with Crippen LogP contribution in [0.1, 0.15) is 101 Å². The molecule has 0 atom stereocenters. The van der Waals surface area contributed by atoms with Gasteiger partial charge < -0.3 is 19.4 Å². The summed E-state index contributed by atoms with van der Waals surface area (Å²) in [6.45, 7) is 33.6. The molecular formula is C64H63N4OPt-3. The molecule has 0 aliphatic carbocycles. The summed E-state index contributed by atoms with van der Waals surface area (Å²) in [4.78, 5) is 11.9. The molecule has 0 spiro atoms. The molecule has 3 heterocycles. The fourth-order valence-corrected chi connectivity index (χ4v) is 11.4. The zero-order valence-electron chi connectivity index (χ0n) is 43.1. The minimum Gasteiger partial charge on any atom is -0.509 e. The molecule has 5 nitrogen and oxygen atoms in total. The van der Waals surface area contributed by atoms with E-state index < -0.39 is 0 Å². The molecule has 10 rings (SSSR count). The van der Waals surface area contributed by atoms with E-state index in [1.807, 2.05) is 18.3 Å². The molecule has 0 N–H and O–H groups in total. The van der Waals surface area contributed by atoms with Crippen molar-refractivity contribution in [3.8, 4) is 33.8 Å². The molecule has 7 aromatic carbocycles. The number of anilines is 7. The molecule has 0 radical (unpaired) electrons. The smallest absolute Gasteiger partial charge is 0.135 e. The number of fused-ring (bicyclic) bond motifs is 3. The monoisotopic (exact) mass is 1100 g/mol. The zero-order chi connectivity index (χ0) is 48.8. The average molecular weight is 1100 g/mol. The van der Waals surface area contributed by atoms with Crippen molar-refractivity contribution in [2.24, 2.45) is 0 Å². The van der Waals surface area contributed by atoms with Crippen LogP contribution in [-0.2, 0) is 31.9 Å². The summed E-state index contributed by atoms with van der Waals surface area (Å²) < 4.78 is 6.85. The standard InChI is InChI=1S/C64H63N4O.Pt/c1-38-26-41(4)60(42(5)27-38)51-35-57-58(36-52(51)61-43(6)28-39(2)29-44(61)7)67(62-45(8)30-40(3)31-46(62)9)37-66(57)48-18-17-19-49(33-48)69-50-22-23-54-56(34-50)68(55-21-16-15-20-53(55)64(54,13)14)59-32-47(24-25-65-59)63(10,11)12;/h15-32,35-37H,1-14H3;/q-3;. The van der Waals surface area contributed by atoms with E-state index in [1.54, 1.807) is 0 Å².